The number of nitrogens with zero attached hydrogens (tertiary/aromatic N) is 6. The zero-order chi connectivity index (χ0) is 102. The number of benzene rings is 2. The Morgan fingerprint density at radius 2 is 0.681 bits per heavy atom. The molecule has 2 saturated carbocycles. The number of aldehydes is 1. The van der Waals surface area contributed by atoms with Crippen LogP contribution >= 0.6 is 7.14 Å². The molecule has 6 amide bonds. The standard InChI is InChI=1S/C22H33NO3.C21H31NO3.C15H25NO4.C15H27NO3.C14H25NO3.C12H21NO3.C5H11O3P.CH3F/c1-22(2,3)26-21(24)23-11-9-17(10-12-23)13-19-14-20(19)16-25-15-18-7-5-4-6-8-18;1-21(2,3)25-20(23)22-14-12-18(13-15-22)9-7-8-16-24-17-19-10-5-4-6-11-19;1-15(2,3)20-14(18)16-10-8-12(9-11-16)6-5-7-13(17)19-4;1-15(2,3)19-14(18)16-6-4-11(5-7-16)8-12-9-13(12)10-17;1-14(2,3)18-13(17)15-9-7-12(8-10-15)6-4-5-11-16;1-12(2,3)16-11(15)13-7-4-10(5-8-13)6-9-14;1-8-5(6)4-9(2,3)7;1-2/h4-8,17,19-20H,9-16H2,1-3H3;4-8,10-11,18H,9,12-17H2,1-3H3;5,7,12H,6,8-11H2,1-4H3;11-13,17H,4-10H2,1-3H3;4-5,12,16H,6-11H2,1-3H3;9-10H,4-8H2,1-3H3;4H2,1-3H3;1H3/b;8-7+;7-5+;;5-4+;;;/i;;;;;;;1D. The van der Waals surface area contributed by atoms with Crippen LogP contribution < -0.4 is 0 Å². The topological polar surface area (TPSA) is 323 Å². The molecular weight excluding hydrogens is 1750 g/mol. The summed E-state index contributed by atoms with van der Waals surface area (Å²) in [5.41, 5.74) is -0.0857. The van der Waals surface area contributed by atoms with Crippen LogP contribution in [0.1, 0.15) is 266 Å². The average molecular weight is 1930 g/mol. The van der Waals surface area contributed by atoms with Crippen molar-refractivity contribution in [2.45, 2.75) is 300 Å². The van der Waals surface area contributed by atoms with Gasteiger partial charge in [0.05, 0.1) is 69.1 Å². The van der Waals surface area contributed by atoms with Crippen LogP contribution in [0.5, 0.6) is 0 Å². The molecule has 2 aliphatic carbocycles. The zero-order valence-corrected chi connectivity index (χ0v) is 87.3. The number of piperidine rings is 6. The molecule has 10 rings (SSSR count). The molecule has 135 heavy (non-hydrogen) atoms. The maximum atomic E-state index is 12.1. The summed E-state index contributed by atoms with van der Waals surface area (Å²) in [6, 6.07) is 20.6. The number of rotatable bonds is 25. The van der Waals surface area contributed by atoms with Gasteiger partial charge in [0.1, 0.15) is 39.9 Å². The summed E-state index contributed by atoms with van der Waals surface area (Å²) in [6.07, 6.45) is 31.9. The molecule has 8 fully saturated rings. The molecule has 2 aromatic rings. The van der Waals surface area contributed by atoms with E-state index in [4.69, 9.17) is 49.5 Å². The number of allylic oxidation sites excluding steroid dienone is 3. The van der Waals surface area contributed by atoms with Gasteiger partial charge < -0.3 is 96.3 Å². The summed E-state index contributed by atoms with van der Waals surface area (Å²) in [7, 11) is -0.556. The highest BCUT2D eigenvalue weighted by molar-refractivity contribution is 7.63. The molecule has 770 valence electrons. The van der Waals surface area contributed by atoms with E-state index in [1.165, 1.54) is 57.1 Å². The molecule has 8 aliphatic rings. The number of hydrogen-bond acceptors (Lipinski definition) is 22. The molecule has 6 heterocycles. The Morgan fingerprint density at radius 3 is 0.948 bits per heavy atom. The molecule has 28 nitrogen and oxygen atoms in total. The number of amides is 6. The second-order valence-corrected chi connectivity index (χ2v) is 46.6. The van der Waals surface area contributed by atoms with Gasteiger partial charge in [0.15, 0.2) is 0 Å². The highest BCUT2D eigenvalue weighted by Gasteiger charge is 2.42. The predicted molar refractivity (Wildman–Crippen MR) is 529 cm³/mol. The first-order valence-corrected chi connectivity index (χ1v) is 51.8. The molecule has 0 aromatic heterocycles. The Hall–Kier alpha value is -8.11. The number of carbonyl (C=O) groups excluding carboxylic acids is 9. The van der Waals surface area contributed by atoms with E-state index < -0.39 is 53.9 Å². The lowest BCUT2D eigenvalue weighted by Gasteiger charge is -2.33. The van der Waals surface area contributed by atoms with Gasteiger partial charge in [-0.1, -0.05) is 91.0 Å². The maximum absolute atomic E-state index is 12.1. The summed E-state index contributed by atoms with van der Waals surface area (Å²) in [5, 5.41) is 17.7. The quantitative estimate of drug-likeness (QED) is 0.0177. The highest BCUT2D eigenvalue weighted by atomic mass is 31.2. The summed E-state index contributed by atoms with van der Waals surface area (Å²) in [5.74, 6) is 5.82. The Bertz CT molecular complexity index is 3860. The van der Waals surface area contributed by atoms with Gasteiger partial charge in [0, 0.05) is 97.6 Å². The number of hydrogen-bond donors (Lipinski definition) is 2. The fourth-order valence-corrected chi connectivity index (χ4v) is 16.7. The van der Waals surface area contributed by atoms with E-state index in [-0.39, 0.29) is 55.3 Å². The summed E-state index contributed by atoms with van der Waals surface area (Å²) in [4.78, 5) is 114. The van der Waals surface area contributed by atoms with E-state index in [9.17, 15) is 52.1 Å². The van der Waals surface area contributed by atoms with E-state index in [1.807, 2.05) is 176 Å². The van der Waals surface area contributed by atoms with Gasteiger partial charge >= 0.3 is 48.5 Å². The van der Waals surface area contributed by atoms with Crippen molar-refractivity contribution in [3.63, 3.8) is 0 Å². The monoisotopic (exact) mass is 1920 g/mol. The maximum Gasteiger partial charge on any atom is 0.410 e. The van der Waals surface area contributed by atoms with Crippen LogP contribution in [0.25, 0.3) is 0 Å². The molecule has 0 bridgehead atoms. The number of alkyl halides is 1. The van der Waals surface area contributed by atoms with Crippen molar-refractivity contribution in [2.75, 3.05) is 146 Å². The summed E-state index contributed by atoms with van der Waals surface area (Å²) < 4.78 is 79.1. The number of ether oxygens (including phenoxy) is 10. The lowest BCUT2D eigenvalue weighted by Crippen LogP contribution is -2.41. The minimum Gasteiger partial charge on any atom is -0.469 e. The van der Waals surface area contributed by atoms with Crippen LogP contribution in [-0.4, -0.2) is 274 Å². The molecule has 4 unspecified atom stereocenters. The lowest BCUT2D eigenvalue weighted by atomic mass is 9.91. The normalized spacial score (nSPS) is 19.6. The van der Waals surface area contributed by atoms with E-state index >= 15 is 0 Å². The Labute approximate surface area is 811 Å². The summed E-state index contributed by atoms with van der Waals surface area (Å²) >= 11 is 0. The molecule has 2 N–H and O–H groups in total. The number of methoxy groups -OCH3 is 2. The van der Waals surface area contributed by atoms with Crippen LogP contribution in [0, 0.1) is 59.2 Å². The zero-order valence-electron chi connectivity index (χ0n) is 87.4. The first-order valence-electron chi connectivity index (χ1n) is 49.7. The van der Waals surface area contributed by atoms with Crippen molar-refractivity contribution >= 4 is 61.9 Å². The number of esters is 2. The van der Waals surface area contributed by atoms with Crippen molar-refractivity contribution in [2.24, 2.45) is 59.2 Å². The number of halogens is 1. The Kier molecular flexibility index (Phi) is 54.8. The first-order chi connectivity index (χ1) is 63.8. The van der Waals surface area contributed by atoms with Gasteiger partial charge in [-0.25, -0.2) is 33.6 Å². The van der Waals surface area contributed by atoms with Crippen LogP contribution in [0.15, 0.2) is 97.1 Å². The van der Waals surface area contributed by atoms with E-state index in [0.717, 1.165) is 198 Å². The predicted octanol–water partition coefficient (Wildman–Crippen LogP) is 21.2. The Morgan fingerprint density at radius 1 is 0.400 bits per heavy atom. The second kappa shape index (κ2) is 62.1. The average Bonchev–Trinajstić information content (AvgIpc) is 1.68. The van der Waals surface area contributed by atoms with Gasteiger partial charge in [-0.3, -0.25) is 9.18 Å². The molecule has 6 aliphatic heterocycles. The SMILES string of the molecule is CC(C)(C)OC(=O)N1CCC(C/C=C/CO)CC1.CC(C)(C)OC(=O)N1CCC(C/C=C/COCc2ccccc2)CC1.CC(C)(C)OC(=O)N1CCC(CC2CC2CO)CC1.CC(C)(C)OC(=O)N1CCC(CC2CC2COCc2ccccc2)CC1.CC(C)(C)OC(=O)N1CCC(CC=O)CC1.COC(=O)/C=C/CC1CCN(C(=O)OC(C)(C)C)CC1.COC(=O)CP(C)(C)=O.[2H]CF. The smallest absolute Gasteiger partial charge is 0.410 e. The third-order valence-corrected chi connectivity index (χ3v) is 24.5. The molecule has 2 aromatic carbocycles. The molecule has 30 heteroatoms. The van der Waals surface area contributed by atoms with Crippen LogP contribution in [0.2, 0.25) is 0 Å². The van der Waals surface area contributed by atoms with E-state index in [0.29, 0.717) is 82.0 Å². The minimum atomic E-state index is -2.21. The van der Waals surface area contributed by atoms with Gasteiger partial charge in [-0.05, 0) is 330 Å². The van der Waals surface area contributed by atoms with Crippen molar-refractivity contribution < 1.29 is 111 Å². The summed E-state index contributed by atoms with van der Waals surface area (Å²) in [6.45, 7) is 49.8. The van der Waals surface area contributed by atoms with Gasteiger partial charge in [-0.15, -0.1) is 0 Å². The van der Waals surface area contributed by atoms with Gasteiger partial charge in [-0.2, -0.15) is 0 Å². The van der Waals surface area contributed by atoms with E-state index in [1.54, 1.807) is 34.1 Å². The first kappa shape index (κ1) is 119. The largest absolute Gasteiger partial charge is 0.469 e. The van der Waals surface area contributed by atoms with Crippen molar-refractivity contribution in [1.82, 2.24) is 29.4 Å². The number of aliphatic hydroxyl groups excluding tert-OH is 2. The number of carbonyl (C=O) groups is 9. The third-order valence-electron chi connectivity index (χ3n) is 23.5. The number of likely N-dealkylation sites (tertiary alicyclic amines) is 6. The van der Waals surface area contributed by atoms with Crippen LogP contribution in [-0.2, 0) is 79.5 Å². The fourth-order valence-electron chi connectivity index (χ4n) is 15.9. The molecule has 0 spiro atoms. The van der Waals surface area contributed by atoms with Crippen molar-refractivity contribution in [3.05, 3.63) is 108 Å². The molecule has 0 radical (unpaired) electrons. The second-order valence-electron chi connectivity index (χ2n) is 43.1. The Balaban J connectivity index is 0.000000413. The fraction of sp³-hybridized carbons (Fsp3) is 0.743. The van der Waals surface area contributed by atoms with Crippen molar-refractivity contribution in [3.8, 4) is 0 Å². The van der Waals surface area contributed by atoms with Crippen LogP contribution in [0.3, 0.4) is 0 Å². The highest BCUT2D eigenvalue weighted by Crippen LogP contribution is 2.46. The number of aliphatic hydroxyl groups is 2. The van der Waals surface area contributed by atoms with Crippen LogP contribution in [0.4, 0.5) is 33.2 Å². The lowest BCUT2D eigenvalue weighted by molar-refractivity contribution is -0.137. The van der Waals surface area contributed by atoms with Gasteiger partial charge in [0.2, 0.25) is 0 Å². The van der Waals surface area contributed by atoms with E-state index in [2.05, 4.69) is 58.0 Å². The van der Waals surface area contributed by atoms with Gasteiger partial charge in [0.25, 0.3) is 0 Å². The molecular formula is C105H176FN6O22P. The molecule has 4 atom stereocenters. The molecule has 6 saturated heterocycles. The third kappa shape index (κ3) is 58.4. The van der Waals surface area contributed by atoms with Crippen molar-refractivity contribution in [1.29, 1.82) is 0 Å². The minimum absolute atomic E-state index is 0.0451.